The van der Waals surface area contributed by atoms with Crippen molar-refractivity contribution in [3.8, 4) is 0 Å². The molecule has 0 aromatic heterocycles. The largest absolute Gasteiger partial charge is 0.468 e. The van der Waals surface area contributed by atoms with Gasteiger partial charge in [-0.2, -0.15) is 0 Å². The van der Waals surface area contributed by atoms with Crippen molar-refractivity contribution < 1.29 is 38.1 Å². The number of hydrogen-bond acceptors (Lipinski definition) is 8. The van der Waals surface area contributed by atoms with Crippen LogP contribution in [0.2, 0.25) is 0 Å². The molecule has 0 saturated heterocycles. The van der Waals surface area contributed by atoms with Gasteiger partial charge in [-0.3, -0.25) is 19.2 Å². The zero-order valence-corrected chi connectivity index (χ0v) is 19.0. The van der Waals surface area contributed by atoms with Gasteiger partial charge >= 0.3 is 23.9 Å². The van der Waals surface area contributed by atoms with Gasteiger partial charge in [0.1, 0.15) is 0 Å². The van der Waals surface area contributed by atoms with Crippen LogP contribution in [0.25, 0.3) is 0 Å². The van der Waals surface area contributed by atoms with Crippen molar-refractivity contribution >= 4 is 23.9 Å². The van der Waals surface area contributed by atoms with Gasteiger partial charge in [-0.25, -0.2) is 0 Å². The Hall–Kier alpha value is -2.64. The summed E-state index contributed by atoms with van der Waals surface area (Å²) in [6, 6.07) is 0. The third-order valence-corrected chi connectivity index (χ3v) is 7.29. The van der Waals surface area contributed by atoms with Gasteiger partial charge in [0.25, 0.3) is 0 Å². The topological polar surface area (TPSA) is 105 Å². The van der Waals surface area contributed by atoms with Crippen molar-refractivity contribution in [2.45, 2.75) is 46.0 Å². The summed E-state index contributed by atoms with van der Waals surface area (Å²) in [5.74, 6) is -2.71. The third kappa shape index (κ3) is 3.27. The molecule has 8 nitrogen and oxygen atoms in total. The van der Waals surface area contributed by atoms with Crippen molar-refractivity contribution in [2.75, 3.05) is 28.4 Å². The first kappa shape index (κ1) is 23.0. The summed E-state index contributed by atoms with van der Waals surface area (Å²) in [7, 11) is 5.03. The Bertz CT molecular complexity index is 857. The molecule has 31 heavy (non-hydrogen) atoms. The van der Waals surface area contributed by atoms with Crippen molar-refractivity contribution in [3.05, 3.63) is 22.3 Å². The number of rotatable bonds is 4. The quantitative estimate of drug-likeness (QED) is 0.288. The Morgan fingerprint density at radius 1 is 0.710 bits per heavy atom. The summed E-state index contributed by atoms with van der Waals surface area (Å²) < 4.78 is 20.0. The van der Waals surface area contributed by atoms with Crippen molar-refractivity contribution in [1.82, 2.24) is 0 Å². The van der Waals surface area contributed by atoms with Gasteiger partial charge in [0.15, 0.2) is 10.8 Å². The van der Waals surface area contributed by atoms with E-state index in [0.29, 0.717) is 6.42 Å². The van der Waals surface area contributed by atoms with Gasteiger partial charge in [0.05, 0.1) is 28.4 Å². The van der Waals surface area contributed by atoms with E-state index in [1.54, 1.807) is 0 Å². The second-order valence-corrected chi connectivity index (χ2v) is 8.92. The number of allylic oxidation sites excluding steroid dienone is 4. The molecule has 0 spiro atoms. The fourth-order valence-electron chi connectivity index (χ4n) is 5.85. The maximum absolute atomic E-state index is 12.8. The van der Waals surface area contributed by atoms with Crippen molar-refractivity contribution in [1.29, 1.82) is 0 Å². The lowest BCUT2D eigenvalue weighted by Crippen LogP contribution is -2.39. The minimum atomic E-state index is -1.44. The number of methoxy groups -OCH3 is 4. The molecule has 0 aliphatic heterocycles. The molecule has 3 aliphatic rings. The van der Waals surface area contributed by atoms with Gasteiger partial charge in [-0.05, 0) is 51.9 Å². The van der Waals surface area contributed by atoms with Crippen LogP contribution in [-0.2, 0) is 38.1 Å². The van der Waals surface area contributed by atoms with Gasteiger partial charge in [0.2, 0.25) is 0 Å². The highest BCUT2D eigenvalue weighted by Crippen LogP contribution is 2.61. The van der Waals surface area contributed by atoms with Crippen LogP contribution in [0, 0.1) is 22.7 Å². The molecule has 0 radical (unpaired) electrons. The zero-order valence-electron chi connectivity index (χ0n) is 19.0. The first-order valence-corrected chi connectivity index (χ1v) is 10.3. The van der Waals surface area contributed by atoms with E-state index in [1.807, 2.05) is 13.8 Å². The summed E-state index contributed by atoms with van der Waals surface area (Å²) >= 11 is 0. The van der Waals surface area contributed by atoms with E-state index in [4.69, 9.17) is 18.9 Å². The van der Waals surface area contributed by atoms with Crippen LogP contribution in [-0.4, -0.2) is 52.3 Å². The molecule has 0 unspecified atom stereocenters. The van der Waals surface area contributed by atoms with Crippen LogP contribution >= 0.6 is 0 Å². The Balaban J connectivity index is 2.18. The first-order valence-electron chi connectivity index (χ1n) is 10.3. The van der Waals surface area contributed by atoms with Crippen LogP contribution in [0.4, 0.5) is 0 Å². The monoisotopic (exact) mass is 434 g/mol. The molecule has 0 heterocycles. The summed E-state index contributed by atoms with van der Waals surface area (Å²) in [6.07, 6.45) is 1.50. The average molecular weight is 434 g/mol. The van der Waals surface area contributed by atoms with Crippen LogP contribution < -0.4 is 0 Å². The lowest BCUT2D eigenvalue weighted by Gasteiger charge is -2.30. The molecular formula is C23H30O8. The number of hydrogen-bond donors (Lipinski definition) is 0. The predicted molar refractivity (Wildman–Crippen MR) is 108 cm³/mol. The molecule has 3 rings (SSSR count). The smallest absolute Gasteiger partial charge is 0.323 e. The molecule has 3 aliphatic carbocycles. The molecule has 2 fully saturated rings. The van der Waals surface area contributed by atoms with Crippen LogP contribution in [0.3, 0.4) is 0 Å². The molecule has 0 N–H and O–H groups in total. The molecule has 0 bridgehead atoms. The summed E-state index contributed by atoms with van der Waals surface area (Å²) in [4.78, 5) is 51.0. The molecule has 2 atom stereocenters. The first-order chi connectivity index (χ1) is 14.6. The Labute approximate surface area is 181 Å². The number of esters is 4. The fourth-order valence-corrected chi connectivity index (χ4v) is 5.85. The number of carbonyl (C=O) groups is 4. The van der Waals surface area contributed by atoms with Crippen molar-refractivity contribution in [2.24, 2.45) is 22.7 Å². The second-order valence-electron chi connectivity index (χ2n) is 8.92. The second kappa shape index (κ2) is 8.13. The standard InChI is InChI=1S/C23H30O8/c1-12(2)14-7-13-8-22(18(24)28-3,19(25)29-4)9-15(13)17-11-23(10-16(14)17,20(26)30-5)21(27)31-6/h13,16H,7-11H2,1-6H3/t13-,16-/m0/s1. The van der Waals surface area contributed by atoms with E-state index in [0.717, 1.165) is 22.3 Å². The van der Waals surface area contributed by atoms with E-state index in [1.165, 1.54) is 28.4 Å². The van der Waals surface area contributed by atoms with Crippen molar-refractivity contribution in [3.63, 3.8) is 0 Å². The highest BCUT2D eigenvalue weighted by molar-refractivity contribution is 6.02. The fraction of sp³-hybridized carbons (Fsp3) is 0.652. The predicted octanol–water partition coefficient (Wildman–Crippen LogP) is 2.51. The highest BCUT2D eigenvalue weighted by atomic mass is 16.6. The minimum Gasteiger partial charge on any atom is -0.468 e. The summed E-state index contributed by atoms with van der Waals surface area (Å²) in [6.45, 7) is 3.99. The molecule has 0 amide bonds. The SMILES string of the molecule is COC(=O)C1(C(=O)OC)CC2=C3CC(C(=O)OC)(C(=O)OC)C[C@H]3C(=C(C)C)C[C@H]2C1. The van der Waals surface area contributed by atoms with Gasteiger partial charge in [-0.15, -0.1) is 0 Å². The lowest BCUT2D eigenvalue weighted by molar-refractivity contribution is -0.170. The molecular weight excluding hydrogens is 404 g/mol. The van der Waals surface area contributed by atoms with Gasteiger partial charge < -0.3 is 18.9 Å². The van der Waals surface area contributed by atoms with Gasteiger partial charge in [0, 0.05) is 5.92 Å². The van der Waals surface area contributed by atoms with Crippen LogP contribution in [0.5, 0.6) is 0 Å². The van der Waals surface area contributed by atoms with Crippen LogP contribution in [0.15, 0.2) is 22.3 Å². The van der Waals surface area contributed by atoms with Crippen LogP contribution in [0.1, 0.15) is 46.0 Å². The maximum atomic E-state index is 12.8. The van der Waals surface area contributed by atoms with E-state index in [9.17, 15) is 19.2 Å². The van der Waals surface area contributed by atoms with Gasteiger partial charge in [-0.1, -0.05) is 22.3 Å². The molecule has 8 heteroatoms. The van der Waals surface area contributed by atoms with E-state index in [-0.39, 0.29) is 37.5 Å². The molecule has 0 aromatic rings. The summed E-state index contributed by atoms with van der Waals surface area (Å²) in [5.41, 5.74) is 1.25. The Kier molecular flexibility index (Phi) is 6.04. The zero-order chi connectivity index (χ0) is 23.1. The lowest BCUT2D eigenvalue weighted by atomic mass is 9.74. The molecule has 2 saturated carbocycles. The van der Waals surface area contributed by atoms with E-state index in [2.05, 4.69) is 0 Å². The Morgan fingerprint density at radius 3 is 1.55 bits per heavy atom. The van der Waals surface area contributed by atoms with E-state index >= 15 is 0 Å². The molecule has 0 aromatic carbocycles. The highest BCUT2D eigenvalue weighted by Gasteiger charge is 2.62. The minimum absolute atomic E-state index is 0.0690. The molecule has 170 valence electrons. The normalized spacial score (nSPS) is 25.3. The number of carbonyl (C=O) groups excluding carboxylic acids is 4. The average Bonchev–Trinajstić information content (AvgIpc) is 3.36. The maximum Gasteiger partial charge on any atom is 0.323 e. The Morgan fingerprint density at radius 2 is 1.13 bits per heavy atom. The summed E-state index contributed by atoms with van der Waals surface area (Å²) in [5, 5.41) is 0. The number of ether oxygens (including phenoxy) is 4. The van der Waals surface area contributed by atoms with E-state index < -0.39 is 34.7 Å². The third-order valence-electron chi connectivity index (χ3n) is 7.29. The number of fused-ring (bicyclic) bond motifs is 2.